The van der Waals surface area contributed by atoms with Gasteiger partial charge in [-0.2, -0.15) is 5.10 Å². The third-order valence-corrected chi connectivity index (χ3v) is 3.34. The second-order valence-electron chi connectivity index (χ2n) is 5.66. The molecule has 21 heavy (non-hydrogen) atoms. The first-order valence-corrected chi connectivity index (χ1v) is 7.51. The van der Waals surface area contributed by atoms with Crippen molar-refractivity contribution in [1.82, 2.24) is 15.1 Å². The Morgan fingerprint density at radius 3 is 2.76 bits per heavy atom. The molecular formula is C17H23N3O. The lowest BCUT2D eigenvalue weighted by Gasteiger charge is -2.05. The average molecular weight is 285 g/mol. The predicted molar refractivity (Wildman–Crippen MR) is 84.3 cm³/mol. The average Bonchev–Trinajstić information content (AvgIpc) is 2.95. The molecule has 1 aromatic heterocycles. The van der Waals surface area contributed by atoms with E-state index in [-0.39, 0.29) is 5.91 Å². The van der Waals surface area contributed by atoms with Gasteiger partial charge in [0.25, 0.3) is 0 Å². The number of nitrogens with one attached hydrogen (secondary N) is 1. The van der Waals surface area contributed by atoms with Gasteiger partial charge in [0.1, 0.15) is 0 Å². The van der Waals surface area contributed by atoms with E-state index in [4.69, 9.17) is 0 Å². The second kappa shape index (κ2) is 7.62. The fourth-order valence-electron chi connectivity index (χ4n) is 2.07. The van der Waals surface area contributed by atoms with Gasteiger partial charge >= 0.3 is 0 Å². The highest BCUT2D eigenvalue weighted by Crippen LogP contribution is 2.08. The second-order valence-corrected chi connectivity index (χ2v) is 5.66. The van der Waals surface area contributed by atoms with E-state index in [1.165, 1.54) is 0 Å². The van der Waals surface area contributed by atoms with Crippen molar-refractivity contribution >= 4 is 5.91 Å². The Morgan fingerprint density at radius 2 is 2.05 bits per heavy atom. The summed E-state index contributed by atoms with van der Waals surface area (Å²) in [7, 11) is 0. The molecule has 1 heterocycles. The predicted octanol–water partition coefficient (Wildman–Crippen LogP) is 2.97. The van der Waals surface area contributed by atoms with E-state index in [1.807, 2.05) is 47.4 Å². The Bertz CT molecular complexity index is 560. The van der Waals surface area contributed by atoms with Crippen LogP contribution in [0.4, 0.5) is 0 Å². The van der Waals surface area contributed by atoms with E-state index >= 15 is 0 Å². The number of benzene rings is 1. The van der Waals surface area contributed by atoms with Crippen LogP contribution < -0.4 is 5.32 Å². The minimum absolute atomic E-state index is 0.138. The summed E-state index contributed by atoms with van der Waals surface area (Å²) in [6.07, 6.45) is 6.22. The fourth-order valence-corrected chi connectivity index (χ4v) is 2.07. The Labute approximate surface area is 126 Å². The molecule has 0 saturated heterocycles. The molecular weight excluding hydrogens is 262 g/mol. The summed E-state index contributed by atoms with van der Waals surface area (Å²) < 4.78 is 1.86. The number of rotatable bonds is 7. The monoisotopic (exact) mass is 285 g/mol. The summed E-state index contributed by atoms with van der Waals surface area (Å²) in [4.78, 5) is 11.6. The van der Waals surface area contributed by atoms with Gasteiger partial charge in [0.15, 0.2) is 0 Å². The molecule has 0 atom stereocenters. The molecule has 0 unspecified atom stereocenters. The Hall–Kier alpha value is -2.10. The molecule has 0 spiro atoms. The van der Waals surface area contributed by atoms with Gasteiger partial charge in [0.2, 0.25) is 5.91 Å². The van der Waals surface area contributed by atoms with Crippen LogP contribution in [0.2, 0.25) is 0 Å². The molecule has 0 aliphatic rings. The molecule has 1 amide bonds. The highest BCUT2D eigenvalue weighted by Gasteiger charge is 2.04. The molecule has 0 aliphatic heterocycles. The standard InChI is InChI=1S/C17H23N3O/c1-14(2)8-9-17(21)18-11-10-15-12-19-20(13-15)16-6-4-3-5-7-16/h3-7,12-14H,8-11H2,1-2H3,(H,18,21). The van der Waals surface area contributed by atoms with E-state index in [0.29, 0.717) is 18.9 Å². The molecule has 0 radical (unpaired) electrons. The molecule has 0 aliphatic carbocycles. The number of aromatic nitrogens is 2. The lowest BCUT2D eigenvalue weighted by Crippen LogP contribution is -2.25. The van der Waals surface area contributed by atoms with E-state index in [2.05, 4.69) is 24.3 Å². The molecule has 0 bridgehead atoms. The van der Waals surface area contributed by atoms with Gasteiger partial charge in [0.05, 0.1) is 11.9 Å². The normalized spacial score (nSPS) is 10.8. The maximum Gasteiger partial charge on any atom is 0.220 e. The van der Waals surface area contributed by atoms with Crippen LogP contribution in [0.1, 0.15) is 32.3 Å². The summed E-state index contributed by atoms with van der Waals surface area (Å²) in [6, 6.07) is 10.0. The number of nitrogens with zero attached hydrogens (tertiary/aromatic N) is 2. The zero-order valence-electron chi connectivity index (χ0n) is 12.7. The largest absolute Gasteiger partial charge is 0.356 e. The number of carbonyl (C=O) groups is 1. The molecule has 2 aromatic rings. The van der Waals surface area contributed by atoms with Crippen molar-refractivity contribution < 1.29 is 4.79 Å². The lowest BCUT2D eigenvalue weighted by molar-refractivity contribution is -0.121. The van der Waals surface area contributed by atoms with E-state index in [0.717, 1.165) is 24.1 Å². The quantitative estimate of drug-likeness (QED) is 0.850. The molecule has 112 valence electrons. The topological polar surface area (TPSA) is 46.9 Å². The van der Waals surface area contributed by atoms with E-state index in [9.17, 15) is 4.79 Å². The summed E-state index contributed by atoms with van der Waals surface area (Å²) >= 11 is 0. The smallest absolute Gasteiger partial charge is 0.220 e. The maximum absolute atomic E-state index is 11.6. The lowest BCUT2D eigenvalue weighted by atomic mass is 10.1. The van der Waals surface area contributed by atoms with Crippen molar-refractivity contribution in [2.45, 2.75) is 33.1 Å². The Morgan fingerprint density at radius 1 is 1.29 bits per heavy atom. The van der Waals surface area contributed by atoms with Gasteiger partial charge in [-0.05, 0) is 36.5 Å². The first-order valence-electron chi connectivity index (χ1n) is 7.51. The van der Waals surface area contributed by atoms with Crippen molar-refractivity contribution in [2.75, 3.05) is 6.54 Å². The van der Waals surface area contributed by atoms with Crippen molar-refractivity contribution in [3.63, 3.8) is 0 Å². The summed E-state index contributed by atoms with van der Waals surface area (Å²) in [5.41, 5.74) is 2.17. The number of amides is 1. The fraction of sp³-hybridized carbons (Fsp3) is 0.412. The zero-order chi connectivity index (χ0) is 15.1. The third-order valence-electron chi connectivity index (χ3n) is 3.34. The van der Waals surface area contributed by atoms with E-state index < -0.39 is 0 Å². The molecule has 2 rings (SSSR count). The Kier molecular flexibility index (Phi) is 5.55. The molecule has 0 fully saturated rings. The Balaban J connectivity index is 1.77. The highest BCUT2D eigenvalue weighted by atomic mass is 16.1. The van der Waals surface area contributed by atoms with Crippen LogP contribution in [0.3, 0.4) is 0 Å². The van der Waals surface area contributed by atoms with Crippen LogP contribution in [0.25, 0.3) is 5.69 Å². The van der Waals surface area contributed by atoms with Gasteiger partial charge in [-0.25, -0.2) is 4.68 Å². The third kappa shape index (κ3) is 5.06. The van der Waals surface area contributed by atoms with Crippen LogP contribution in [0, 0.1) is 5.92 Å². The molecule has 1 N–H and O–H groups in total. The van der Waals surface area contributed by atoms with Gasteiger partial charge in [0, 0.05) is 19.2 Å². The minimum Gasteiger partial charge on any atom is -0.356 e. The summed E-state index contributed by atoms with van der Waals surface area (Å²) in [5, 5.41) is 7.31. The minimum atomic E-state index is 0.138. The number of hydrogen-bond acceptors (Lipinski definition) is 2. The van der Waals surface area contributed by atoms with Crippen LogP contribution in [-0.2, 0) is 11.2 Å². The van der Waals surface area contributed by atoms with Crippen molar-refractivity contribution in [3.8, 4) is 5.69 Å². The number of para-hydroxylation sites is 1. The van der Waals surface area contributed by atoms with Gasteiger partial charge in [-0.15, -0.1) is 0 Å². The van der Waals surface area contributed by atoms with Crippen molar-refractivity contribution in [1.29, 1.82) is 0 Å². The SMILES string of the molecule is CC(C)CCC(=O)NCCc1cnn(-c2ccccc2)c1. The first kappa shape index (κ1) is 15.3. The van der Waals surface area contributed by atoms with Crippen LogP contribution in [-0.4, -0.2) is 22.2 Å². The van der Waals surface area contributed by atoms with Gasteiger partial charge < -0.3 is 5.32 Å². The van der Waals surface area contributed by atoms with Crippen LogP contribution in [0.15, 0.2) is 42.7 Å². The van der Waals surface area contributed by atoms with E-state index in [1.54, 1.807) is 0 Å². The number of carbonyl (C=O) groups excluding carboxylic acids is 1. The summed E-state index contributed by atoms with van der Waals surface area (Å²) in [5.74, 6) is 0.707. The molecule has 4 nitrogen and oxygen atoms in total. The maximum atomic E-state index is 11.6. The molecule has 0 saturated carbocycles. The van der Waals surface area contributed by atoms with Crippen molar-refractivity contribution in [2.24, 2.45) is 5.92 Å². The summed E-state index contributed by atoms with van der Waals surface area (Å²) in [6.45, 7) is 4.92. The highest BCUT2D eigenvalue weighted by molar-refractivity contribution is 5.75. The van der Waals surface area contributed by atoms with Gasteiger partial charge in [-0.3, -0.25) is 4.79 Å². The van der Waals surface area contributed by atoms with Crippen LogP contribution in [0.5, 0.6) is 0 Å². The molecule has 1 aromatic carbocycles. The van der Waals surface area contributed by atoms with Crippen LogP contribution >= 0.6 is 0 Å². The first-order chi connectivity index (χ1) is 10.1. The molecule has 4 heteroatoms. The zero-order valence-corrected chi connectivity index (χ0v) is 12.7. The number of hydrogen-bond donors (Lipinski definition) is 1. The van der Waals surface area contributed by atoms with Crippen molar-refractivity contribution in [3.05, 3.63) is 48.3 Å². The van der Waals surface area contributed by atoms with Gasteiger partial charge in [-0.1, -0.05) is 32.0 Å².